The SMILES string of the molecule is Cc1cc(C)cc(C(N)CCN2CCCCCCC2)c1. The second-order valence-electron chi connectivity index (χ2n) is 6.43. The highest BCUT2D eigenvalue weighted by atomic mass is 15.1. The van der Waals surface area contributed by atoms with Gasteiger partial charge in [-0.15, -0.1) is 0 Å². The monoisotopic (exact) mass is 274 g/mol. The number of likely N-dealkylation sites (tertiary alicyclic amines) is 1. The van der Waals surface area contributed by atoms with Crippen LogP contribution >= 0.6 is 0 Å². The average molecular weight is 274 g/mol. The Balaban J connectivity index is 1.85. The summed E-state index contributed by atoms with van der Waals surface area (Å²) in [5.41, 5.74) is 10.3. The normalized spacial score (nSPS) is 19.4. The lowest BCUT2D eigenvalue weighted by Gasteiger charge is -2.26. The molecule has 1 saturated heterocycles. The summed E-state index contributed by atoms with van der Waals surface area (Å²) in [5, 5.41) is 0. The van der Waals surface area contributed by atoms with Gasteiger partial charge in [-0.1, -0.05) is 48.6 Å². The van der Waals surface area contributed by atoms with Crippen LogP contribution in [0.25, 0.3) is 0 Å². The summed E-state index contributed by atoms with van der Waals surface area (Å²) < 4.78 is 0. The summed E-state index contributed by atoms with van der Waals surface area (Å²) in [7, 11) is 0. The van der Waals surface area contributed by atoms with Gasteiger partial charge in [0.25, 0.3) is 0 Å². The van der Waals surface area contributed by atoms with Gasteiger partial charge >= 0.3 is 0 Å². The molecule has 1 aliphatic heterocycles. The Kier molecular flexibility index (Phi) is 6.06. The smallest absolute Gasteiger partial charge is 0.0307 e. The van der Waals surface area contributed by atoms with Crippen molar-refractivity contribution in [2.24, 2.45) is 5.73 Å². The largest absolute Gasteiger partial charge is 0.324 e. The van der Waals surface area contributed by atoms with Gasteiger partial charge in [-0.25, -0.2) is 0 Å². The molecule has 0 spiro atoms. The first-order valence-corrected chi connectivity index (χ1v) is 8.21. The van der Waals surface area contributed by atoms with E-state index in [0.717, 1.165) is 13.0 Å². The minimum Gasteiger partial charge on any atom is -0.324 e. The third-order valence-electron chi connectivity index (χ3n) is 4.38. The molecular formula is C18H30N2. The molecule has 2 rings (SSSR count). The van der Waals surface area contributed by atoms with Crippen molar-refractivity contribution >= 4 is 0 Å². The quantitative estimate of drug-likeness (QED) is 0.900. The highest BCUT2D eigenvalue weighted by Crippen LogP contribution is 2.19. The number of hydrogen-bond acceptors (Lipinski definition) is 2. The predicted octanol–water partition coefficient (Wildman–Crippen LogP) is 3.96. The summed E-state index contributed by atoms with van der Waals surface area (Å²) in [4.78, 5) is 2.61. The summed E-state index contributed by atoms with van der Waals surface area (Å²) in [6.45, 7) is 7.98. The molecule has 1 aromatic carbocycles. The van der Waals surface area contributed by atoms with E-state index in [-0.39, 0.29) is 6.04 Å². The van der Waals surface area contributed by atoms with Crippen molar-refractivity contribution in [3.8, 4) is 0 Å². The van der Waals surface area contributed by atoms with Crippen molar-refractivity contribution in [1.29, 1.82) is 0 Å². The number of hydrogen-bond donors (Lipinski definition) is 1. The zero-order valence-electron chi connectivity index (χ0n) is 13.2. The van der Waals surface area contributed by atoms with Crippen LogP contribution in [0, 0.1) is 13.8 Å². The van der Waals surface area contributed by atoms with Crippen molar-refractivity contribution in [2.75, 3.05) is 19.6 Å². The van der Waals surface area contributed by atoms with E-state index < -0.39 is 0 Å². The van der Waals surface area contributed by atoms with Crippen molar-refractivity contribution in [3.05, 3.63) is 34.9 Å². The zero-order chi connectivity index (χ0) is 14.4. The fourth-order valence-electron chi connectivity index (χ4n) is 3.25. The molecule has 0 radical (unpaired) electrons. The first kappa shape index (κ1) is 15.5. The molecule has 1 atom stereocenters. The highest BCUT2D eigenvalue weighted by molar-refractivity contribution is 5.30. The fraction of sp³-hybridized carbons (Fsp3) is 0.667. The molecule has 1 aliphatic rings. The van der Waals surface area contributed by atoms with E-state index in [2.05, 4.69) is 36.9 Å². The third kappa shape index (κ3) is 4.92. The second-order valence-corrected chi connectivity index (χ2v) is 6.43. The third-order valence-corrected chi connectivity index (χ3v) is 4.38. The van der Waals surface area contributed by atoms with Crippen LogP contribution in [-0.2, 0) is 0 Å². The molecule has 112 valence electrons. The van der Waals surface area contributed by atoms with Gasteiger partial charge in [-0.05, 0) is 58.3 Å². The standard InChI is InChI=1S/C18H30N2/c1-15-12-16(2)14-17(13-15)18(19)8-11-20-9-6-4-3-5-7-10-20/h12-14,18H,3-11,19H2,1-2H3. The van der Waals surface area contributed by atoms with Gasteiger partial charge in [0.1, 0.15) is 0 Å². The van der Waals surface area contributed by atoms with Crippen LogP contribution in [0.15, 0.2) is 18.2 Å². The molecule has 2 heteroatoms. The maximum Gasteiger partial charge on any atom is 0.0307 e. The lowest BCUT2D eigenvalue weighted by atomic mass is 9.99. The number of nitrogens with zero attached hydrogens (tertiary/aromatic N) is 1. The lowest BCUT2D eigenvalue weighted by molar-refractivity contribution is 0.239. The number of benzene rings is 1. The van der Waals surface area contributed by atoms with E-state index in [0.29, 0.717) is 0 Å². The molecule has 1 fully saturated rings. The summed E-state index contributed by atoms with van der Waals surface area (Å²) >= 11 is 0. The van der Waals surface area contributed by atoms with Gasteiger partial charge in [0.15, 0.2) is 0 Å². The lowest BCUT2D eigenvalue weighted by Crippen LogP contribution is -2.30. The summed E-state index contributed by atoms with van der Waals surface area (Å²) in [6.07, 6.45) is 8.02. The van der Waals surface area contributed by atoms with Crippen LogP contribution in [0.1, 0.15) is 61.3 Å². The molecule has 2 N–H and O–H groups in total. The van der Waals surface area contributed by atoms with Gasteiger partial charge in [-0.2, -0.15) is 0 Å². The topological polar surface area (TPSA) is 29.3 Å². The molecule has 0 aliphatic carbocycles. The number of aryl methyl sites for hydroxylation is 2. The predicted molar refractivity (Wildman–Crippen MR) is 87.0 cm³/mol. The minimum atomic E-state index is 0.180. The number of nitrogens with two attached hydrogens (primary N) is 1. The molecule has 1 unspecified atom stereocenters. The van der Waals surface area contributed by atoms with Crippen LogP contribution in [-0.4, -0.2) is 24.5 Å². The Morgan fingerprint density at radius 2 is 1.50 bits per heavy atom. The van der Waals surface area contributed by atoms with Gasteiger partial charge in [0.2, 0.25) is 0 Å². The molecule has 0 saturated carbocycles. The van der Waals surface area contributed by atoms with Crippen LogP contribution in [0.2, 0.25) is 0 Å². The Hall–Kier alpha value is -0.860. The number of rotatable bonds is 4. The van der Waals surface area contributed by atoms with E-state index in [1.54, 1.807) is 0 Å². The minimum absolute atomic E-state index is 0.180. The van der Waals surface area contributed by atoms with E-state index in [1.807, 2.05) is 0 Å². The maximum absolute atomic E-state index is 6.39. The Labute approximate surface area is 124 Å². The first-order chi connectivity index (χ1) is 9.65. The van der Waals surface area contributed by atoms with Gasteiger partial charge < -0.3 is 10.6 Å². The molecule has 1 heterocycles. The summed E-state index contributed by atoms with van der Waals surface area (Å²) in [5.74, 6) is 0. The Bertz CT molecular complexity index is 386. The van der Waals surface area contributed by atoms with E-state index >= 15 is 0 Å². The Morgan fingerprint density at radius 3 is 2.10 bits per heavy atom. The van der Waals surface area contributed by atoms with Gasteiger partial charge in [0.05, 0.1) is 0 Å². The van der Waals surface area contributed by atoms with Crippen LogP contribution in [0.5, 0.6) is 0 Å². The molecule has 0 aromatic heterocycles. The van der Waals surface area contributed by atoms with E-state index in [1.165, 1.54) is 61.9 Å². The van der Waals surface area contributed by atoms with Crippen LogP contribution < -0.4 is 5.73 Å². The second kappa shape index (κ2) is 7.80. The molecule has 0 bridgehead atoms. The van der Waals surface area contributed by atoms with Crippen molar-refractivity contribution in [2.45, 2.75) is 58.4 Å². The molecule has 0 amide bonds. The highest BCUT2D eigenvalue weighted by Gasteiger charge is 2.12. The average Bonchev–Trinajstić information content (AvgIpc) is 2.36. The van der Waals surface area contributed by atoms with E-state index in [9.17, 15) is 0 Å². The van der Waals surface area contributed by atoms with Crippen LogP contribution in [0.3, 0.4) is 0 Å². The maximum atomic E-state index is 6.39. The fourth-order valence-corrected chi connectivity index (χ4v) is 3.25. The molecular weight excluding hydrogens is 244 g/mol. The molecule has 1 aromatic rings. The molecule has 2 nitrogen and oxygen atoms in total. The Morgan fingerprint density at radius 1 is 0.950 bits per heavy atom. The zero-order valence-corrected chi connectivity index (χ0v) is 13.2. The first-order valence-electron chi connectivity index (χ1n) is 8.21. The summed E-state index contributed by atoms with van der Waals surface area (Å²) in [6, 6.07) is 6.88. The van der Waals surface area contributed by atoms with Crippen molar-refractivity contribution < 1.29 is 0 Å². The van der Waals surface area contributed by atoms with E-state index in [4.69, 9.17) is 5.73 Å². The molecule has 20 heavy (non-hydrogen) atoms. The van der Waals surface area contributed by atoms with Crippen LogP contribution in [0.4, 0.5) is 0 Å². The van der Waals surface area contributed by atoms with Crippen molar-refractivity contribution in [1.82, 2.24) is 4.90 Å². The van der Waals surface area contributed by atoms with Gasteiger partial charge in [-0.3, -0.25) is 0 Å². The van der Waals surface area contributed by atoms with Gasteiger partial charge in [0, 0.05) is 6.04 Å². The van der Waals surface area contributed by atoms with Crippen molar-refractivity contribution in [3.63, 3.8) is 0 Å².